The fraction of sp³-hybridized carbons (Fsp3) is 0.762. The molecule has 2 N–H and O–H groups in total. The number of aliphatic hydroxyl groups excluding tert-OH is 2. The van der Waals surface area contributed by atoms with Gasteiger partial charge in [0.15, 0.2) is 0 Å². The molecule has 0 radical (unpaired) electrons. The Morgan fingerprint density at radius 2 is 1.94 bits per heavy atom. The molecule has 2 aliphatic heterocycles. The topological polar surface area (TPSA) is 111 Å². The number of carbonyl (C=O) groups excluding carboxylic acids is 1. The average molecular weight is 490 g/mol. The lowest BCUT2D eigenvalue weighted by atomic mass is 9.97. The number of sulfonamides is 1. The van der Waals surface area contributed by atoms with Gasteiger partial charge in [-0.3, -0.25) is 4.90 Å². The summed E-state index contributed by atoms with van der Waals surface area (Å²) in [5.74, 6) is 0. The fourth-order valence-electron chi connectivity index (χ4n) is 4.91. The normalized spacial score (nSPS) is 31.3. The van der Waals surface area contributed by atoms with E-state index in [9.17, 15) is 18.3 Å². The Balaban J connectivity index is 1.47. The predicted octanol–water partition coefficient (Wildman–Crippen LogP) is 1.22. The highest BCUT2D eigenvalue weighted by Gasteiger charge is 2.60. The van der Waals surface area contributed by atoms with Crippen molar-refractivity contribution in [1.29, 1.82) is 0 Å². The molecule has 2 heterocycles. The number of halogens is 1. The molecule has 4 aliphatic rings. The molecule has 3 atom stereocenters. The smallest absolute Gasteiger partial charge is 0.410 e. The van der Waals surface area contributed by atoms with Crippen LogP contribution in [0.3, 0.4) is 0 Å². The van der Waals surface area contributed by atoms with Crippen LogP contribution in [0.4, 0.5) is 4.79 Å². The number of aliphatic hydroxyl groups is 2. The van der Waals surface area contributed by atoms with Crippen molar-refractivity contribution in [3.63, 3.8) is 0 Å². The third-order valence-electron chi connectivity index (χ3n) is 6.92. The molecule has 1 unspecified atom stereocenters. The SMILES string of the molecule is O=C(OC1([C@H]2CCC[C@@H](O)N2S(=O)(=O)C2C=CC(Cl)=CC2)CC1)N1CCN(CCO)CC1. The molecule has 0 bridgehead atoms. The van der Waals surface area contributed by atoms with Crippen molar-refractivity contribution in [2.45, 2.75) is 61.6 Å². The van der Waals surface area contributed by atoms with Gasteiger partial charge in [-0.2, -0.15) is 4.31 Å². The Morgan fingerprint density at radius 3 is 2.53 bits per heavy atom. The number of ether oxygens (including phenoxy) is 1. The second-order valence-corrected chi connectivity index (χ2v) is 11.5. The zero-order valence-corrected chi connectivity index (χ0v) is 19.7. The predicted molar refractivity (Wildman–Crippen MR) is 119 cm³/mol. The van der Waals surface area contributed by atoms with Crippen molar-refractivity contribution < 1.29 is 28.2 Å². The summed E-state index contributed by atoms with van der Waals surface area (Å²) in [6, 6.07) is -0.578. The summed E-state index contributed by atoms with van der Waals surface area (Å²) in [5, 5.41) is 19.5. The van der Waals surface area contributed by atoms with Crippen molar-refractivity contribution in [3.8, 4) is 0 Å². The Kier molecular flexibility index (Phi) is 7.19. The van der Waals surface area contributed by atoms with Gasteiger partial charge in [-0.05, 0) is 44.6 Å². The monoisotopic (exact) mass is 489 g/mol. The van der Waals surface area contributed by atoms with Crippen LogP contribution in [0.1, 0.15) is 38.5 Å². The third kappa shape index (κ3) is 4.85. The van der Waals surface area contributed by atoms with E-state index in [4.69, 9.17) is 21.4 Å². The molecule has 0 aromatic heterocycles. The highest BCUT2D eigenvalue weighted by molar-refractivity contribution is 7.90. The van der Waals surface area contributed by atoms with Crippen LogP contribution >= 0.6 is 11.6 Å². The van der Waals surface area contributed by atoms with Gasteiger partial charge in [0.05, 0.1) is 17.9 Å². The van der Waals surface area contributed by atoms with Crippen LogP contribution in [0.2, 0.25) is 0 Å². The number of hydrogen-bond acceptors (Lipinski definition) is 7. The summed E-state index contributed by atoms with van der Waals surface area (Å²) in [6.07, 6.45) is 6.22. The standard InChI is InChI=1S/C21H32ClN3O6S/c22-16-4-6-17(7-5-16)32(29,30)25-18(2-1-3-19(25)27)21(8-9-21)31-20(28)24-12-10-23(11-13-24)14-15-26/h4-6,17-19,26-27H,1-3,7-15H2/t17?,18-,19-/m1/s1. The third-order valence-corrected chi connectivity index (χ3v) is 9.40. The number of nitrogens with zero attached hydrogens (tertiary/aromatic N) is 3. The Morgan fingerprint density at radius 1 is 1.22 bits per heavy atom. The first-order valence-electron chi connectivity index (χ1n) is 11.3. The summed E-state index contributed by atoms with van der Waals surface area (Å²) in [4.78, 5) is 16.6. The molecule has 4 rings (SSSR count). The van der Waals surface area contributed by atoms with Gasteiger partial charge in [-0.25, -0.2) is 13.2 Å². The van der Waals surface area contributed by atoms with E-state index in [2.05, 4.69) is 4.90 Å². The zero-order chi connectivity index (χ0) is 22.9. The number of β-amino-alcohol motifs (C(OH)–C–C–N with tert-alkyl or cyclic N) is 1. The van der Waals surface area contributed by atoms with Gasteiger partial charge >= 0.3 is 6.09 Å². The summed E-state index contributed by atoms with van der Waals surface area (Å²) in [5.41, 5.74) is -0.889. The molecule has 180 valence electrons. The number of piperidine rings is 1. The summed E-state index contributed by atoms with van der Waals surface area (Å²) >= 11 is 5.95. The maximum absolute atomic E-state index is 13.5. The van der Waals surface area contributed by atoms with Crippen LogP contribution < -0.4 is 0 Å². The highest BCUT2D eigenvalue weighted by Crippen LogP contribution is 2.50. The van der Waals surface area contributed by atoms with Crippen molar-refractivity contribution in [3.05, 3.63) is 23.3 Å². The van der Waals surface area contributed by atoms with E-state index >= 15 is 0 Å². The highest BCUT2D eigenvalue weighted by atomic mass is 35.5. The summed E-state index contributed by atoms with van der Waals surface area (Å²) in [7, 11) is -3.87. The lowest BCUT2D eigenvalue weighted by Gasteiger charge is -2.44. The number of carbonyl (C=O) groups is 1. The van der Waals surface area contributed by atoms with Gasteiger partial charge in [0.2, 0.25) is 10.0 Å². The summed E-state index contributed by atoms with van der Waals surface area (Å²) < 4.78 is 34.1. The van der Waals surface area contributed by atoms with Crippen LogP contribution in [-0.2, 0) is 14.8 Å². The zero-order valence-electron chi connectivity index (χ0n) is 18.1. The molecule has 0 aromatic carbocycles. The molecule has 1 amide bonds. The van der Waals surface area contributed by atoms with Crippen LogP contribution in [0, 0.1) is 0 Å². The molecular weight excluding hydrogens is 458 g/mol. The van der Waals surface area contributed by atoms with Gasteiger partial charge < -0.3 is 19.8 Å². The molecule has 0 aromatic rings. The van der Waals surface area contributed by atoms with Crippen LogP contribution in [-0.4, -0.2) is 101 Å². The van der Waals surface area contributed by atoms with Crippen LogP contribution in [0.15, 0.2) is 23.3 Å². The number of amides is 1. The van der Waals surface area contributed by atoms with Gasteiger partial charge in [0.1, 0.15) is 11.8 Å². The van der Waals surface area contributed by atoms with Crippen LogP contribution in [0.5, 0.6) is 0 Å². The molecule has 3 fully saturated rings. The van der Waals surface area contributed by atoms with E-state index in [0.29, 0.717) is 69.9 Å². The number of piperazine rings is 1. The number of rotatable bonds is 6. The van der Waals surface area contributed by atoms with Crippen molar-refractivity contribution >= 4 is 27.7 Å². The molecular formula is C21H32ClN3O6S. The largest absolute Gasteiger partial charge is 0.441 e. The Bertz CT molecular complexity index is 867. The van der Waals surface area contributed by atoms with Crippen molar-refractivity contribution in [2.75, 3.05) is 39.3 Å². The van der Waals surface area contributed by atoms with Crippen molar-refractivity contribution in [2.24, 2.45) is 0 Å². The van der Waals surface area contributed by atoms with E-state index in [1.165, 1.54) is 4.31 Å². The molecule has 1 saturated carbocycles. The lowest BCUT2D eigenvalue weighted by Crippen LogP contribution is -2.59. The Hall–Kier alpha value is -1.17. The van der Waals surface area contributed by atoms with Gasteiger partial charge in [0, 0.05) is 37.8 Å². The van der Waals surface area contributed by atoms with Crippen molar-refractivity contribution in [1.82, 2.24) is 14.1 Å². The quantitative estimate of drug-likeness (QED) is 0.577. The van der Waals surface area contributed by atoms with Crippen LogP contribution in [0.25, 0.3) is 0 Å². The second-order valence-electron chi connectivity index (χ2n) is 9.01. The minimum absolute atomic E-state index is 0.0834. The second kappa shape index (κ2) is 9.60. The maximum atomic E-state index is 13.5. The van der Waals surface area contributed by atoms with E-state index < -0.39 is 39.2 Å². The average Bonchev–Trinajstić information content (AvgIpc) is 3.55. The van der Waals surface area contributed by atoms with Gasteiger partial charge in [0.25, 0.3) is 0 Å². The van der Waals surface area contributed by atoms with Gasteiger partial charge in [-0.15, -0.1) is 0 Å². The van der Waals surface area contributed by atoms with E-state index in [1.807, 2.05) is 0 Å². The molecule has 2 saturated heterocycles. The molecule has 32 heavy (non-hydrogen) atoms. The first-order chi connectivity index (χ1) is 15.3. The number of hydrogen-bond donors (Lipinski definition) is 2. The Labute approximate surface area is 194 Å². The lowest BCUT2D eigenvalue weighted by molar-refractivity contribution is -0.0606. The van der Waals surface area contributed by atoms with E-state index in [1.54, 1.807) is 23.1 Å². The number of allylic oxidation sites excluding steroid dienone is 3. The molecule has 0 spiro atoms. The fourth-order valence-corrected chi connectivity index (χ4v) is 7.10. The first-order valence-corrected chi connectivity index (χ1v) is 13.2. The minimum Gasteiger partial charge on any atom is -0.441 e. The molecule has 9 nitrogen and oxygen atoms in total. The van der Waals surface area contributed by atoms with E-state index in [-0.39, 0.29) is 13.0 Å². The first kappa shape index (κ1) is 24.0. The van der Waals surface area contributed by atoms with Gasteiger partial charge in [-0.1, -0.05) is 23.8 Å². The molecule has 2 aliphatic carbocycles. The van der Waals surface area contributed by atoms with E-state index in [0.717, 1.165) is 0 Å². The minimum atomic E-state index is -3.87. The maximum Gasteiger partial charge on any atom is 0.410 e. The molecule has 11 heteroatoms. The summed E-state index contributed by atoms with van der Waals surface area (Å²) in [6.45, 7) is 2.99.